The van der Waals surface area contributed by atoms with E-state index in [4.69, 9.17) is 0 Å². The van der Waals surface area contributed by atoms with E-state index in [0.29, 0.717) is 5.78 Å². The van der Waals surface area contributed by atoms with Crippen LogP contribution in [0.4, 0.5) is 0 Å². The SMILES string of the molecule is CC/C(=C\C1=C(C)C(=O)CC1)[Si](C)(C)C. The van der Waals surface area contributed by atoms with Gasteiger partial charge in [-0.15, -0.1) is 0 Å². The minimum absolute atomic E-state index is 0.340. The van der Waals surface area contributed by atoms with Gasteiger partial charge < -0.3 is 0 Å². The molecule has 0 atom stereocenters. The van der Waals surface area contributed by atoms with E-state index in [-0.39, 0.29) is 0 Å². The Morgan fingerprint density at radius 1 is 1.33 bits per heavy atom. The molecule has 0 bridgehead atoms. The lowest BCUT2D eigenvalue weighted by molar-refractivity contribution is -0.114. The highest BCUT2D eigenvalue weighted by Gasteiger charge is 2.22. The molecule has 0 aromatic carbocycles. The number of hydrogen-bond acceptors (Lipinski definition) is 1. The van der Waals surface area contributed by atoms with Crippen LogP contribution < -0.4 is 0 Å². The third-order valence-electron chi connectivity index (χ3n) is 3.21. The predicted molar refractivity (Wildman–Crippen MR) is 68.7 cm³/mol. The first-order chi connectivity index (χ1) is 6.86. The second kappa shape index (κ2) is 4.48. The van der Waals surface area contributed by atoms with E-state index in [9.17, 15) is 4.79 Å². The zero-order valence-corrected chi connectivity index (χ0v) is 11.6. The molecule has 0 aromatic heterocycles. The Labute approximate surface area is 94.3 Å². The third kappa shape index (κ3) is 2.91. The monoisotopic (exact) mass is 222 g/mol. The van der Waals surface area contributed by atoms with Crippen LogP contribution in [0, 0.1) is 0 Å². The van der Waals surface area contributed by atoms with Gasteiger partial charge >= 0.3 is 0 Å². The predicted octanol–water partition coefficient (Wildman–Crippen LogP) is 3.88. The normalized spacial score (nSPS) is 19.0. The van der Waals surface area contributed by atoms with Gasteiger partial charge in [0.05, 0.1) is 8.07 Å². The minimum Gasteiger partial charge on any atom is -0.295 e. The van der Waals surface area contributed by atoms with Crippen molar-refractivity contribution in [2.45, 2.75) is 52.8 Å². The molecule has 0 saturated carbocycles. The van der Waals surface area contributed by atoms with Crippen LogP contribution in [-0.2, 0) is 4.79 Å². The molecule has 15 heavy (non-hydrogen) atoms. The van der Waals surface area contributed by atoms with Gasteiger partial charge in [0.1, 0.15) is 0 Å². The average Bonchev–Trinajstić information content (AvgIpc) is 2.43. The number of ketones is 1. The summed E-state index contributed by atoms with van der Waals surface area (Å²) in [5.41, 5.74) is 2.29. The maximum Gasteiger partial charge on any atom is 0.159 e. The highest BCUT2D eigenvalue weighted by molar-refractivity contribution is 6.83. The Balaban J connectivity index is 3.00. The summed E-state index contributed by atoms with van der Waals surface area (Å²) in [4.78, 5) is 11.4. The Kier molecular flexibility index (Phi) is 3.71. The summed E-state index contributed by atoms with van der Waals surface area (Å²) in [7, 11) is -1.19. The van der Waals surface area contributed by atoms with Crippen LogP contribution in [-0.4, -0.2) is 13.9 Å². The number of carbonyl (C=O) groups is 1. The molecule has 2 heteroatoms. The third-order valence-corrected chi connectivity index (χ3v) is 5.64. The lowest BCUT2D eigenvalue weighted by Gasteiger charge is -2.20. The Morgan fingerprint density at radius 3 is 2.27 bits per heavy atom. The molecule has 0 saturated heterocycles. The summed E-state index contributed by atoms with van der Waals surface area (Å²) in [5.74, 6) is 0.340. The van der Waals surface area contributed by atoms with Crippen LogP contribution in [0.5, 0.6) is 0 Å². The summed E-state index contributed by atoms with van der Waals surface area (Å²) < 4.78 is 0. The quantitative estimate of drug-likeness (QED) is 0.662. The molecule has 0 amide bonds. The lowest BCUT2D eigenvalue weighted by Crippen LogP contribution is -2.23. The molecule has 0 heterocycles. The summed E-state index contributed by atoms with van der Waals surface area (Å²) in [6.45, 7) is 11.3. The van der Waals surface area contributed by atoms with Crippen molar-refractivity contribution >= 4 is 13.9 Å². The van der Waals surface area contributed by atoms with Crippen molar-refractivity contribution in [2.75, 3.05) is 0 Å². The first kappa shape index (κ1) is 12.4. The van der Waals surface area contributed by atoms with Gasteiger partial charge in [-0.1, -0.05) is 37.8 Å². The van der Waals surface area contributed by atoms with Crippen LogP contribution in [0.3, 0.4) is 0 Å². The van der Waals surface area contributed by atoms with Crippen LogP contribution >= 0.6 is 0 Å². The number of allylic oxidation sites excluding steroid dienone is 4. The zero-order chi connectivity index (χ0) is 11.6. The standard InChI is InChI=1S/C13H22OSi/c1-6-12(15(3,4)5)9-11-7-8-13(14)10(11)2/h9H,6-8H2,1-5H3/b12-9+. The van der Waals surface area contributed by atoms with Gasteiger partial charge in [0.25, 0.3) is 0 Å². The van der Waals surface area contributed by atoms with Crippen molar-refractivity contribution < 1.29 is 4.79 Å². The van der Waals surface area contributed by atoms with E-state index < -0.39 is 8.07 Å². The molecular formula is C13H22OSi. The van der Waals surface area contributed by atoms with Gasteiger partial charge in [0, 0.05) is 6.42 Å². The van der Waals surface area contributed by atoms with Crippen molar-refractivity contribution in [1.82, 2.24) is 0 Å². The van der Waals surface area contributed by atoms with Crippen molar-refractivity contribution in [3.8, 4) is 0 Å². The Bertz CT molecular complexity index is 329. The molecule has 1 nitrogen and oxygen atoms in total. The van der Waals surface area contributed by atoms with Crippen molar-refractivity contribution in [3.05, 3.63) is 22.4 Å². The highest BCUT2D eigenvalue weighted by atomic mass is 28.3. The maximum absolute atomic E-state index is 11.4. The molecule has 0 N–H and O–H groups in total. The van der Waals surface area contributed by atoms with Gasteiger partial charge in [-0.05, 0) is 30.9 Å². The number of hydrogen-bond donors (Lipinski definition) is 0. The average molecular weight is 222 g/mol. The fourth-order valence-corrected chi connectivity index (χ4v) is 3.71. The van der Waals surface area contributed by atoms with Crippen molar-refractivity contribution in [2.24, 2.45) is 0 Å². The van der Waals surface area contributed by atoms with E-state index in [1.54, 1.807) is 5.20 Å². The molecule has 1 rings (SSSR count). The van der Waals surface area contributed by atoms with Crippen LogP contribution in [0.1, 0.15) is 33.1 Å². The van der Waals surface area contributed by atoms with Gasteiger partial charge in [-0.2, -0.15) is 0 Å². The summed E-state index contributed by atoms with van der Waals surface area (Å²) in [6.07, 6.45) is 5.12. The topological polar surface area (TPSA) is 17.1 Å². The van der Waals surface area contributed by atoms with E-state index in [0.717, 1.165) is 24.8 Å². The number of carbonyl (C=O) groups excluding carboxylic acids is 1. The smallest absolute Gasteiger partial charge is 0.159 e. The van der Waals surface area contributed by atoms with Gasteiger partial charge in [-0.3, -0.25) is 4.79 Å². The molecule has 0 fully saturated rings. The van der Waals surface area contributed by atoms with Gasteiger partial charge in [0.2, 0.25) is 0 Å². The van der Waals surface area contributed by atoms with Crippen LogP contribution in [0.2, 0.25) is 19.6 Å². The van der Waals surface area contributed by atoms with Crippen molar-refractivity contribution in [3.63, 3.8) is 0 Å². The molecule has 84 valence electrons. The lowest BCUT2D eigenvalue weighted by atomic mass is 10.1. The fraction of sp³-hybridized carbons (Fsp3) is 0.615. The fourth-order valence-electron chi connectivity index (χ4n) is 2.04. The molecule has 0 spiro atoms. The maximum atomic E-state index is 11.4. The van der Waals surface area contributed by atoms with Crippen molar-refractivity contribution in [1.29, 1.82) is 0 Å². The van der Waals surface area contributed by atoms with Gasteiger partial charge in [0.15, 0.2) is 5.78 Å². The number of rotatable bonds is 3. The molecule has 0 aliphatic heterocycles. The van der Waals surface area contributed by atoms with E-state index in [1.807, 2.05) is 6.92 Å². The summed E-state index contributed by atoms with van der Waals surface area (Å²) in [6, 6.07) is 0. The molecule has 1 aliphatic rings. The van der Waals surface area contributed by atoms with Crippen LogP contribution in [0.25, 0.3) is 0 Å². The summed E-state index contributed by atoms with van der Waals surface area (Å²) >= 11 is 0. The zero-order valence-electron chi connectivity index (χ0n) is 10.6. The Morgan fingerprint density at radius 2 is 1.93 bits per heavy atom. The van der Waals surface area contributed by atoms with Crippen LogP contribution in [0.15, 0.2) is 22.4 Å². The molecular weight excluding hydrogens is 200 g/mol. The second-order valence-corrected chi connectivity index (χ2v) is 10.5. The number of Topliss-reactive ketones (excluding diaryl/α,β-unsaturated/α-hetero) is 1. The van der Waals surface area contributed by atoms with Gasteiger partial charge in [-0.25, -0.2) is 0 Å². The molecule has 0 radical (unpaired) electrons. The molecule has 0 aromatic rings. The highest BCUT2D eigenvalue weighted by Crippen LogP contribution is 2.27. The second-order valence-electron chi connectivity index (χ2n) is 5.35. The first-order valence-electron chi connectivity index (χ1n) is 5.80. The minimum atomic E-state index is -1.19. The van der Waals surface area contributed by atoms with E-state index >= 15 is 0 Å². The molecule has 0 unspecified atom stereocenters. The van der Waals surface area contributed by atoms with E-state index in [2.05, 4.69) is 32.6 Å². The first-order valence-corrected chi connectivity index (χ1v) is 9.30. The van der Waals surface area contributed by atoms with E-state index in [1.165, 1.54) is 5.57 Å². The largest absolute Gasteiger partial charge is 0.295 e. The summed E-state index contributed by atoms with van der Waals surface area (Å²) in [5, 5.41) is 1.58. The Hall–Kier alpha value is -0.633. The molecule has 1 aliphatic carbocycles.